The summed E-state index contributed by atoms with van der Waals surface area (Å²) in [6.07, 6.45) is 3.63. The molecule has 4 nitrogen and oxygen atoms in total. The average Bonchev–Trinajstić information content (AvgIpc) is 2.05. The van der Waals surface area contributed by atoms with Gasteiger partial charge in [0.2, 0.25) is 5.95 Å². The molecule has 0 bridgehead atoms. The van der Waals surface area contributed by atoms with Crippen molar-refractivity contribution in [1.82, 2.24) is 15.3 Å². The first-order valence-corrected chi connectivity index (χ1v) is 5.34. The van der Waals surface area contributed by atoms with Crippen LogP contribution < -0.4 is 10.6 Å². The highest BCUT2D eigenvalue weighted by molar-refractivity contribution is 14.1. The quantitative estimate of drug-likeness (QED) is 0.805. The maximum atomic E-state index is 4.16. The Kier molecular flexibility index (Phi) is 2.94. The number of hydrogen-bond acceptors (Lipinski definition) is 4. The maximum absolute atomic E-state index is 4.16. The fraction of sp³-hybridized carbons (Fsp3) is 0.500. The van der Waals surface area contributed by atoms with E-state index in [1.807, 2.05) is 12.4 Å². The average molecular weight is 290 g/mol. The number of anilines is 1. The van der Waals surface area contributed by atoms with Crippen molar-refractivity contribution in [3.8, 4) is 0 Å². The van der Waals surface area contributed by atoms with Crippen LogP contribution in [0.25, 0.3) is 0 Å². The second-order valence-electron chi connectivity index (χ2n) is 3.13. The van der Waals surface area contributed by atoms with Gasteiger partial charge >= 0.3 is 0 Å². The zero-order valence-electron chi connectivity index (χ0n) is 7.13. The van der Waals surface area contributed by atoms with E-state index in [0.717, 1.165) is 35.1 Å². The summed E-state index contributed by atoms with van der Waals surface area (Å²) >= 11 is 2.19. The van der Waals surface area contributed by atoms with Crippen LogP contribution >= 0.6 is 22.6 Å². The van der Waals surface area contributed by atoms with Crippen molar-refractivity contribution in [2.24, 2.45) is 5.92 Å². The molecule has 1 aromatic rings. The Morgan fingerprint density at radius 1 is 1.46 bits per heavy atom. The summed E-state index contributed by atoms with van der Waals surface area (Å²) in [6.45, 7) is 3.18. The van der Waals surface area contributed by atoms with Crippen molar-refractivity contribution in [2.75, 3.05) is 25.0 Å². The number of rotatable bonds is 3. The third-order valence-corrected chi connectivity index (χ3v) is 2.59. The summed E-state index contributed by atoms with van der Waals surface area (Å²) in [4.78, 5) is 8.32. The van der Waals surface area contributed by atoms with Gasteiger partial charge in [-0.15, -0.1) is 0 Å². The molecule has 70 valence electrons. The summed E-state index contributed by atoms with van der Waals surface area (Å²) in [5, 5.41) is 6.43. The summed E-state index contributed by atoms with van der Waals surface area (Å²) in [6, 6.07) is 0. The van der Waals surface area contributed by atoms with Gasteiger partial charge in [0.05, 0.1) is 0 Å². The van der Waals surface area contributed by atoms with Crippen LogP contribution in [0.15, 0.2) is 12.4 Å². The van der Waals surface area contributed by atoms with Gasteiger partial charge in [-0.25, -0.2) is 9.97 Å². The van der Waals surface area contributed by atoms with Gasteiger partial charge in [-0.1, -0.05) is 0 Å². The minimum Gasteiger partial charge on any atom is -0.354 e. The van der Waals surface area contributed by atoms with Crippen LogP contribution in [0.3, 0.4) is 0 Å². The molecule has 2 rings (SSSR count). The minimum atomic E-state index is 0.729. The Labute approximate surface area is 90.7 Å². The second-order valence-corrected chi connectivity index (χ2v) is 4.38. The number of nitrogens with one attached hydrogen (secondary N) is 2. The first kappa shape index (κ1) is 9.14. The van der Waals surface area contributed by atoms with E-state index in [0.29, 0.717) is 0 Å². The zero-order chi connectivity index (χ0) is 9.10. The molecule has 0 unspecified atom stereocenters. The SMILES string of the molecule is Ic1cnc(NCC2CNC2)nc1. The zero-order valence-corrected chi connectivity index (χ0v) is 9.28. The van der Waals surface area contributed by atoms with Crippen LogP contribution in [0.1, 0.15) is 0 Å². The van der Waals surface area contributed by atoms with E-state index in [1.165, 1.54) is 0 Å². The first-order valence-electron chi connectivity index (χ1n) is 4.27. The molecular formula is C8H11IN4. The molecule has 1 aliphatic rings. The Bertz CT molecular complexity index is 270. The van der Waals surface area contributed by atoms with Crippen molar-refractivity contribution in [3.63, 3.8) is 0 Å². The lowest BCUT2D eigenvalue weighted by atomic mass is 10.0. The van der Waals surface area contributed by atoms with Crippen molar-refractivity contribution in [3.05, 3.63) is 16.0 Å². The van der Waals surface area contributed by atoms with Crippen LogP contribution in [0, 0.1) is 9.49 Å². The fourth-order valence-electron chi connectivity index (χ4n) is 1.13. The molecule has 13 heavy (non-hydrogen) atoms. The van der Waals surface area contributed by atoms with Crippen LogP contribution in [0.5, 0.6) is 0 Å². The summed E-state index contributed by atoms with van der Waals surface area (Å²) in [5.74, 6) is 1.47. The molecule has 5 heteroatoms. The monoisotopic (exact) mass is 290 g/mol. The van der Waals surface area contributed by atoms with E-state index in [1.54, 1.807) is 0 Å². The molecule has 0 spiro atoms. The molecule has 0 aromatic carbocycles. The van der Waals surface area contributed by atoms with Crippen molar-refractivity contribution < 1.29 is 0 Å². The normalized spacial score (nSPS) is 16.7. The largest absolute Gasteiger partial charge is 0.354 e. The molecule has 2 N–H and O–H groups in total. The van der Waals surface area contributed by atoms with Gasteiger partial charge in [0.15, 0.2) is 0 Å². The molecule has 0 radical (unpaired) electrons. The molecule has 1 aliphatic heterocycles. The van der Waals surface area contributed by atoms with Gasteiger partial charge < -0.3 is 10.6 Å². The smallest absolute Gasteiger partial charge is 0.222 e. The molecule has 0 amide bonds. The van der Waals surface area contributed by atoms with Crippen LogP contribution in [0.2, 0.25) is 0 Å². The lowest BCUT2D eigenvalue weighted by Gasteiger charge is -2.26. The van der Waals surface area contributed by atoms with E-state index < -0.39 is 0 Å². The maximum Gasteiger partial charge on any atom is 0.222 e. The molecular weight excluding hydrogens is 279 g/mol. The van der Waals surface area contributed by atoms with Gasteiger partial charge in [0.1, 0.15) is 0 Å². The van der Waals surface area contributed by atoms with Gasteiger partial charge in [0, 0.05) is 41.5 Å². The topological polar surface area (TPSA) is 49.8 Å². The number of halogens is 1. The van der Waals surface area contributed by atoms with Gasteiger partial charge in [-0.3, -0.25) is 0 Å². The second kappa shape index (κ2) is 4.19. The van der Waals surface area contributed by atoms with Crippen LogP contribution in [-0.4, -0.2) is 29.6 Å². The highest BCUT2D eigenvalue weighted by atomic mass is 127. The van der Waals surface area contributed by atoms with Gasteiger partial charge in [0.25, 0.3) is 0 Å². The molecule has 1 aromatic heterocycles. The summed E-state index contributed by atoms with van der Waals surface area (Å²) in [5.41, 5.74) is 0. The Hall–Kier alpha value is -0.430. The van der Waals surface area contributed by atoms with Crippen molar-refractivity contribution >= 4 is 28.5 Å². The molecule has 0 saturated carbocycles. The summed E-state index contributed by atoms with van der Waals surface area (Å²) < 4.78 is 1.06. The predicted molar refractivity (Wildman–Crippen MR) is 59.6 cm³/mol. The van der Waals surface area contributed by atoms with Gasteiger partial charge in [-0.2, -0.15) is 0 Å². The number of aromatic nitrogens is 2. The molecule has 1 saturated heterocycles. The van der Waals surface area contributed by atoms with E-state index in [4.69, 9.17) is 0 Å². The molecule has 2 heterocycles. The highest BCUT2D eigenvalue weighted by Gasteiger charge is 2.15. The minimum absolute atomic E-state index is 0.729. The lowest BCUT2D eigenvalue weighted by molar-refractivity contribution is 0.365. The fourth-order valence-corrected chi connectivity index (χ4v) is 1.41. The number of nitrogens with zero attached hydrogens (tertiary/aromatic N) is 2. The molecule has 0 aliphatic carbocycles. The summed E-state index contributed by atoms with van der Waals surface area (Å²) in [7, 11) is 0. The first-order chi connectivity index (χ1) is 6.34. The Balaban J connectivity index is 1.83. The third-order valence-electron chi connectivity index (χ3n) is 2.04. The highest BCUT2D eigenvalue weighted by Crippen LogP contribution is 2.06. The van der Waals surface area contributed by atoms with E-state index >= 15 is 0 Å². The Morgan fingerprint density at radius 2 is 2.15 bits per heavy atom. The standard InChI is InChI=1S/C8H11IN4/c9-7-4-12-8(13-5-7)11-3-6-1-10-2-6/h4-6,10H,1-3H2,(H,11,12,13). The van der Waals surface area contributed by atoms with E-state index in [9.17, 15) is 0 Å². The van der Waals surface area contributed by atoms with Crippen LogP contribution in [0.4, 0.5) is 5.95 Å². The number of hydrogen-bond donors (Lipinski definition) is 2. The van der Waals surface area contributed by atoms with Crippen LogP contribution in [-0.2, 0) is 0 Å². The third kappa shape index (κ3) is 2.50. The van der Waals surface area contributed by atoms with Crippen molar-refractivity contribution in [1.29, 1.82) is 0 Å². The van der Waals surface area contributed by atoms with E-state index in [2.05, 4.69) is 43.2 Å². The molecule has 0 atom stereocenters. The predicted octanol–water partition coefficient (Wildman–Crippen LogP) is 0.712. The van der Waals surface area contributed by atoms with Crippen molar-refractivity contribution in [2.45, 2.75) is 0 Å². The van der Waals surface area contributed by atoms with Gasteiger partial charge in [-0.05, 0) is 22.6 Å². The lowest BCUT2D eigenvalue weighted by Crippen LogP contribution is -2.45. The van der Waals surface area contributed by atoms with E-state index in [-0.39, 0.29) is 0 Å². The molecule has 1 fully saturated rings. The Morgan fingerprint density at radius 3 is 2.69 bits per heavy atom.